The second kappa shape index (κ2) is 8.18. The molecule has 0 bridgehead atoms. The van der Waals surface area contributed by atoms with Crippen LogP contribution in [0.1, 0.15) is 15.9 Å². The fourth-order valence-electron chi connectivity index (χ4n) is 2.60. The van der Waals surface area contributed by atoms with Crippen LogP contribution in [-0.4, -0.2) is 14.3 Å². The molecule has 3 aromatic rings. The molecule has 9 heteroatoms. The maximum atomic E-state index is 13.8. The van der Waals surface area contributed by atoms with Gasteiger partial charge >= 0.3 is 0 Å². The van der Waals surface area contributed by atoms with Gasteiger partial charge in [0.25, 0.3) is 15.9 Å². The third-order valence-corrected chi connectivity index (χ3v) is 5.74. The zero-order valence-corrected chi connectivity index (χ0v) is 16.6. The minimum Gasteiger partial charge on any atom is -0.322 e. The van der Waals surface area contributed by atoms with E-state index in [1.165, 1.54) is 30.3 Å². The molecule has 150 valence electrons. The van der Waals surface area contributed by atoms with Crippen LogP contribution in [0.15, 0.2) is 65.6 Å². The van der Waals surface area contributed by atoms with Gasteiger partial charge in [0.15, 0.2) is 0 Å². The molecule has 0 unspecified atom stereocenters. The van der Waals surface area contributed by atoms with E-state index in [-0.39, 0.29) is 16.3 Å². The largest absolute Gasteiger partial charge is 0.322 e. The van der Waals surface area contributed by atoms with Crippen molar-refractivity contribution in [3.8, 4) is 0 Å². The third-order valence-electron chi connectivity index (χ3n) is 3.99. The van der Waals surface area contributed by atoms with E-state index in [1.54, 1.807) is 19.1 Å². The first-order chi connectivity index (χ1) is 13.7. The second-order valence-electron chi connectivity index (χ2n) is 6.17. The van der Waals surface area contributed by atoms with Crippen molar-refractivity contribution in [3.63, 3.8) is 0 Å². The summed E-state index contributed by atoms with van der Waals surface area (Å²) in [5.41, 5.74) is 0.311. The number of amides is 1. The number of benzene rings is 3. The molecule has 3 rings (SSSR count). The quantitative estimate of drug-likeness (QED) is 0.592. The number of carbonyl (C=O) groups excluding carboxylic acids is 1. The topological polar surface area (TPSA) is 75.3 Å². The van der Waals surface area contributed by atoms with Crippen LogP contribution in [0.3, 0.4) is 0 Å². The van der Waals surface area contributed by atoms with E-state index in [2.05, 4.69) is 10.0 Å². The molecule has 0 atom stereocenters. The van der Waals surface area contributed by atoms with Crippen molar-refractivity contribution in [2.75, 3.05) is 10.0 Å². The molecule has 0 radical (unpaired) electrons. The summed E-state index contributed by atoms with van der Waals surface area (Å²) in [6.07, 6.45) is 0. The van der Waals surface area contributed by atoms with Crippen LogP contribution >= 0.6 is 11.6 Å². The zero-order chi connectivity index (χ0) is 21.2. The van der Waals surface area contributed by atoms with Gasteiger partial charge in [0.1, 0.15) is 11.6 Å². The number of sulfonamides is 1. The summed E-state index contributed by atoms with van der Waals surface area (Å²) in [7, 11) is -3.99. The van der Waals surface area contributed by atoms with Gasteiger partial charge in [0.2, 0.25) is 0 Å². The van der Waals surface area contributed by atoms with Crippen LogP contribution < -0.4 is 10.0 Å². The molecule has 1 amide bonds. The lowest BCUT2D eigenvalue weighted by molar-refractivity contribution is 0.102. The van der Waals surface area contributed by atoms with E-state index in [9.17, 15) is 22.0 Å². The highest BCUT2D eigenvalue weighted by atomic mass is 35.5. The number of anilines is 2. The monoisotopic (exact) mass is 436 g/mol. The number of aryl methyl sites for hydroxylation is 1. The molecule has 0 aliphatic rings. The van der Waals surface area contributed by atoms with Crippen LogP contribution in [0.4, 0.5) is 20.2 Å². The molecule has 0 saturated carbocycles. The SMILES string of the molecule is Cc1ccc(NC(=O)c2cc(F)ccc2F)cc1S(=O)(=O)Nc1cccc(Cl)c1. The van der Waals surface area contributed by atoms with Crippen LogP contribution in [-0.2, 0) is 10.0 Å². The van der Waals surface area contributed by atoms with Gasteiger partial charge in [-0.05, 0) is 61.0 Å². The Balaban J connectivity index is 1.89. The average Bonchev–Trinajstić information content (AvgIpc) is 2.64. The van der Waals surface area contributed by atoms with Crippen molar-refractivity contribution in [2.24, 2.45) is 0 Å². The molecule has 0 aliphatic heterocycles. The van der Waals surface area contributed by atoms with Gasteiger partial charge < -0.3 is 5.32 Å². The predicted molar refractivity (Wildman–Crippen MR) is 108 cm³/mol. The maximum absolute atomic E-state index is 13.8. The fourth-order valence-corrected chi connectivity index (χ4v) is 4.11. The Labute approximate surface area is 171 Å². The Kier molecular flexibility index (Phi) is 5.86. The lowest BCUT2D eigenvalue weighted by atomic mass is 10.1. The summed E-state index contributed by atoms with van der Waals surface area (Å²) in [6, 6.07) is 12.9. The molecule has 0 fully saturated rings. The Morgan fingerprint density at radius 3 is 2.45 bits per heavy atom. The number of hydrogen-bond acceptors (Lipinski definition) is 3. The average molecular weight is 437 g/mol. The normalized spacial score (nSPS) is 11.2. The number of halogens is 3. The molecule has 2 N–H and O–H groups in total. The predicted octanol–water partition coefficient (Wildman–Crippen LogP) is 4.98. The molecule has 3 aromatic carbocycles. The van der Waals surface area contributed by atoms with Gasteiger partial charge in [0.05, 0.1) is 16.1 Å². The van der Waals surface area contributed by atoms with E-state index >= 15 is 0 Å². The number of nitrogens with one attached hydrogen (secondary N) is 2. The number of hydrogen-bond donors (Lipinski definition) is 2. The highest BCUT2D eigenvalue weighted by Gasteiger charge is 2.19. The fraction of sp³-hybridized carbons (Fsp3) is 0.0500. The van der Waals surface area contributed by atoms with Crippen LogP contribution in [0.5, 0.6) is 0 Å². The van der Waals surface area contributed by atoms with Gasteiger partial charge in [-0.1, -0.05) is 23.7 Å². The Morgan fingerprint density at radius 2 is 1.72 bits per heavy atom. The van der Waals surface area contributed by atoms with Gasteiger partial charge in [-0.3, -0.25) is 9.52 Å². The number of carbonyl (C=O) groups is 1. The van der Waals surface area contributed by atoms with Crippen LogP contribution in [0, 0.1) is 18.6 Å². The lowest BCUT2D eigenvalue weighted by Gasteiger charge is -2.13. The Morgan fingerprint density at radius 1 is 0.966 bits per heavy atom. The van der Waals surface area contributed by atoms with E-state index in [0.29, 0.717) is 10.6 Å². The van der Waals surface area contributed by atoms with Crippen molar-refractivity contribution in [1.29, 1.82) is 0 Å². The highest BCUT2D eigenvalue weighted by Crippen LogP contribution is 2.25. The summed E-state index contributed by atoms with van der Waals surface area (Å²) < 4.78 is 55.0. The Bertz CT molecular complexity index is 1200. The van der Waals surface area contributed by atoms with Crippen molar-refractivity contribution < 1.29 is 22.0 Å². The third kappa shape index (κ3) is 4.90. The molecular weight excluding hydrogens is 422 g/mol. The van der Waals surface area contributed by atoms with Crippen molar-refractivity contribution in [2.45, 2.75) is 11.8 Å². The first-order valence-corrected chi connectivity index (χ1v) is 10.2. The van der Waals surface area contributed by atoms with E-state index in [4.69, 9.17) is 11.6 Å². The molecule has 0 saturated heterocycles. The molecule has 0 heterocycles. The first kappa shape index (κ1) is 20.8. The summed E-state index contributed by atoms with van der Waals surface area (Å²) in [5, 5.41) is 2.74. The number of rotatable bonds is 5. The van der Waals surface area contributed by atoms with Crippen LogP contribution in [0.25, 0.3) is 0 Å². The highest BCUT2D eigenvalue weighted by molar-refractivity contribution is 7.92. The lowest BCUT2D eigenvalue weighted by Crippen LogP contribution is -2.17. The minimum absolute atomic E-state index is 0.0880. The molecule has 0 aliphatic carbocycles. The first-order valence-electron chi connectivity index (χ1n) is 8.31. The maximum Gasteiger partial charge on any atom is 0.262 e. The summed E-state index contributed by atoms with van der Waals surface area (Å²) >= 11 is 5.88. The molecule has 0 spiro atoms. The zero-order valence-electron chi connectivity index (χ0n) is 15.0. The van der Waals surface area contributed by atoms with E-state index < -0.39 is 33.1 Å². The smallest absolute Gasteiger partial charge is 0.262 e. The van der Waals surface area contributed by atoms with Crippen molar-refractivity contribution >= 4 is 38.9 Å². The minimum atomic E-state index is -3.99. The Hall–Kier alpha value is -2.97. The van der Waals surface area contributed by atoms with Crippen molar-refractivity contribution in [3.05, 3.63) is 88.4 Å². The molecule has 0 aromatic heterocycles. The second-order valence-corrected chi connectivity index (χ2v) is 8.26. The summed E-state index contributed by atoms with van der Waals surface area (Å²) in [6.45, 7) is 1.59. The summed E-state index contributed by atoms with van der Waals surface area (Å²) in [4.78, 5) is 12.2. The van der Waals surface area contributed by atoms with Crippen molar-refractivity contribution in [1.82, 2.24) is 0 Å². The van der Waals surface area contributed by atoms with Gasteiger partial charge in [-0.2, -0.15) is 0 Å². The van der Waals surface area contributed by atoms with Crippen LogP contribution in [0.2, 0.25) is 5.02 Å². The van der Waals surface area contributed by atoms with E-state index in [0.717, 1.165) is 18.2 Å². The van der Waals surface area contributed by atoms with E-state index in [1.807, 2.05) is 0 Å². The molecular formula is C20H15ClF2N2O3S. The van der Waals surface area contributed by atoms with Gasteiger partial charge in [0, 0.05) is 10.7 Å². The summed E-state index contributed by atoms with van der Waals surface area (Å²) in [5.74, 6) is -2.57. The standard InChI is InChI=1S/C20H15ClF2N2O3S/c1-12-5-7-15(24-20(26)17-10-14(22)6-8-18(17)23)11-19(12)29(27,28)25-16-4-2-3-13(21)9-16/h2-11,25H,1H3,(H,24,26). The van der Waals surface area contributed by atoms with Gasteiger partial charge in [-0.25, -0.2) is 17.2 Å². The molecule has 29 heavy (non-hydrogen) atoms. The van der Waals surface area contributed by atoms with Gasteiger partial charge in [-0.15, -0.1) is 0 Å². The molecule has 5 nitrogen and oxygen atoms in total.